The molecule has 1 aliphatic carbocycles. The first kappa shape index (κ1) is 19.2. The van der Waals surface area contributed by atoms with Crippen molar-refractivity contribution in [3.8, 4) is 11.3 Å². The number of anilines is 1. The number of allylic oxidation sites excluding steroid dienone is 4. The van der Waals surface area contributed by atoms with E-state index in [1.54, 1.807) is 35.6 Å². The highest BCUT2D eigenvalue weighted by molar-refractivity contribution is 7.15. The summed E-state index contributed by atoms with van der Waals surface area (Å²) in [7, 11) is 0. The summed E-state index contributed by atoms with van der Waals surface area (Å²) in [6.07, 6.45) is 6.20. The second-order valence-corrected chi connectivity index (χ2v) is 7.46. The van der Waals surface area contributed by atoms with Crippen LogP contribution in [0.3, 0.4) is 0 Å². The van der Waals surface area contributed by atoms with Gasteiger partial charge in [-0.1, -0.05) is 35.9 Å². The molecule has 6 nitrogen and oxygen atoms in total. The summed E-state index contributed by atoms with van der Waals surface area (Å²) in [5.41, 5.74) is 8.33. The molecule has 0 fully saturated rings. The number of halogens is 1. The number of hydrogen-bond acceptors (Lipinski definition) is 6. The summed E-state index contributed by atoms with van der Waals surface area (Å²) >= 11 is 7.66. The molecule has 2 N–H and O–H groups in total. The number of ketones is 1. The van der Waals surface area contributed by atoms with Gasteiger partial charge in [0.25, 0.3) is 5.56 Å². The van der Waals surface area contributed by atoms with Crippen LogP contribution in [0.1, 0.15) is 12.5 Å². The second-order valence-electron chi connectivity index (χ2n) is 6.22. The lowest BCUT2D eigenvalue weighted by Gasteiger charge is -2.11. The third-order valence-electron chi connectivity index (χ3n) is 4.38. The Kier molecular flexibility index (Phi) is 5.08. The van der Waals surface area contributed by atoms with Crippen molar-refractivity contribution in [3.05, 3.63) is 80.1 Å². The van der Waals surface area contributed by atoms with E-state index in [9.17, 15) is 9.59 Å². The number of fused-ring (bicyclic) bond motifs is 1. The van der Waals surface area contributed by atoms with E-state index < -0.39 is 5.56 Å². The van der Waals surface area contributed by atoms with E-state index in [0.717, 1.165) is 11.3 Å². The van der Waals surface area contributed by atoms with Gasteiger partial charge >= 0.3 is 0 Å². The van der Waals surface area contributed by atoms with Gasteiger partial charge in [-0.2, -0.15) is 4.98 Å². The predicted octanol–water partition coefficient (Wildman–Crippen LogP) is 4.10. The third kappa shape index (κ3) is 3.50. The molecule has 0 atom stereocenters. The van der Waals surface area contributed by atoms with Gasteiger partial charge in [-0.15, -0.1) is 11.3 Å². The molecule has 0 radical (unpaired) electrons. The Hall–Kier alpha value is -3.16. The maximum atomic E-state index is 12.6. The fraction of sp³-hybridized carbons (Fsp3) is 0.0952. The summed E-state index contributed by atoms with van der Waals surface area (Å²) in [6.45, 7) is 2.16. The van der Waals surface area contributed by atoms with E-state index in [1.807, 2.05) is 23.6 Å². The Morgan fingerprint density at radius 2 is 2.07 bits per heavy atom. The fourth-order valence-electron chi connectivity index (χ4n) is 3.04. The number of nitrogen functional groups attached to an aromatic ring is 1. The number of nitrogens with zero attached hydrogens (tertiary/aromatic N) is 2. The number of carbonyl (C=O) groups is 1. The van der Waals surface area contributed by atoms with E-state index in [4.69, 9.17) is 22.1 Å². The predicted molar refractivity (Wildman–Crippen MR) is 116 cm³/mol. The standard InChI is InChI=1S/C21H16ClN3O3S/c1-2-28-18-10-12(7-8-17(18)26)9-14-19(23)25-16(11-29-21(25)24-20(14)27)13-5-3-4-6-15(13)22/h3-11H,2,23H2,1H3. The van der Waals surface area contributed by atoms with Crippen LogP contribution in [0.5, 0.6) is 0 Å². The van der Waals surface area contributed by atoms with Crippen LogP contribution in [0.25, 0.3) is 22.3 Å². The Labute approximate surface area is 175 Å². The van der Waals surface area contributed by atoms with Crippen molar-refractivity contribution in [2.45, 2.75) is 6.92 Å². The Morgan fingerprint density at radius 3 is 2.83 bits per heavy atom. The van der Waals surface area contributed by atoms with E-state index in [2.05, 4.69) is 4.98 Å². The Bertz CT molecular complexity index is 1280. The summed E-state index contributed by atoms with van der Waals surface area (Å²) in [5, 5.41) is 2.44. The molecule has 29 heavy (non-hydrogen) atoms. The lowest BCUT2D eigenvalue weighted by atomic mass is 10.0. The molecule has 0 spiro atoms. The Balaban J connectivity index is 1.90. The fourth-order valence-corrected chi connectivity index (χ4v) is 4.16. The van der Waals surface area contributed by atoms with Crippen molar-refractivity contribution in [1.82, 2.24) is 9.38 Å². The smallest absolute Gasteiger partial charge is 0.283 e. The SMILES string of the molecule is CCOC1=CC(=Cc2c(N)n3c(-c4ccccc4Cl)csc3nc2=O)C=CC1=O. The Morgan fingerprint density at radius 1 is 1.28 bits per heavy atom. The number of rotatable bonds is 4. The molecule has 0 unspecified atom stereocenters. The molecule has 2 aromatic heterocycles. The summed E-state index contributed by atoms with van der Waals surface area (Å²) in [6, 6.07) is 7.40. The molecule has 146 valence electrons. The maximum absolute atomic E-state index is 12.6. The van der Waals surface area contributed by atoms with E-state index in [1.165, 1.54) is 17.4 Å². The lowest BCUT2D eigenvalue weighted by molar-refractivity contribution is -0.114. The number of aromatic nitrogens is 2. The number of nitrogens with two attached hydrogens (primary N) is 1. The third-order valence-corrected chi connectivity index (χ3v) is 5.54. The summed E-state index contributed by atoms with van der Waals surface area (Å²) in [4.78, 5) is 29.1. The molecule has 0 aliphatic heterocycles. The molecule has 4 rings (SSSR count). The first-order chi connectivity index (χ1) is 14.0. The van der Waals surface area contributed by atoms with Gasteiger partial charge in [-0.05, 0) is 36.8 Å². The number of benzene rings is 1. The molecular weight excluding hydrogens is 410 g/mol. The highest BCUT2D eigenvalue weighted by Crippen LogP contribution is 2.33. The zero-order valence-electron chi connectivity index (χ0n) is 15.4. The van der Waals surface area contributed by atoms with Crippen LogP contribution >= 0.6 is 22.9 Å². The largest absolute Gasteiger partial charge is 0.490 e. The van der Waals surface area contributed by atoms with E-state index in [-0.39, 0.29) is 22.9 Å². The summed E-state index contributed by atoms with van der Waals surface area (Å²) < 4.78 is 7.06. The number of thiazole rings is 1. The highest BCUT2D eigenvalue weighted by atomic mass is 35.5. The van der Waals surface area contributed by atoms with Gasteiger partial charge in [0.1, 0.15) is 5.82 Å². The molecule has 8 heteroatoms. The maximum Gasteiger partial charge on any atom is 0.283 e. The van der Waals surface area contributed by atoms with Crippen molar-refractivity contribution >= 4 is 45.6 Å². The summed E-state index contributed by atoms with van der Waals surface area (Å²) in [5.74, 6) is 0.252. The molecule has 0 bridgehead atoms. The average molecular weight is 426 g/mol. The van der Waals surface area contributed by atoms with Gasteiger partial charge < -0.3 is 10.5 Å². The zero-order chi connectivity index (χ0) is 20.5. The molecule has 0 saturated heterocycles. The van der Waals surface area contributed by atoms with Gasteiger partial charge in [0, 0.05) is 16.0 Å². The van der Waals surface area contributed by atoms with Crippen LogP contribution in [0.2, 0.25) is 5.02 Å². The van der Waals surface area contributed by atoms with Crippen LogP contribution in [-0.2, 0) is 9.53 Å². The minimum atomic E-state index is -0.445. The highest BCUT2D eigenvalue weighted by Gasteiger charge is 2.17. The average Bonchev–Trinajstić information content (AvgIpc) is 3.11. The zero-order valence-corrected chi connectivity index (χ0v) is 17.0. The first-order valence-corrected chi connectivity index (χ1v) is 10.1. The molecule has 1 aromatic carbocycles. The van der Waals surface area contributed by atoms with Crippen molar-refractivity contribution in [3.63, 3.8) is 0 Å². The molecule has 2 heterocycles. The van der Waals surface area contributed by atoms with Crippen molar-refractivity contribution in [1.29, 1.82) is 0 Å². The molecule has 3 aromatic rings. The van der Waals surface area contributed by atoms with Crippen molar-refractivity contribution < 1.29 is 9.53 Å². The normalized spacial score (nSPS) is 15.2. The van der Waals surface area contributed by atoms with Gasteiger partial charge in [-0.3, -0.25) is 14.0 Å². The van der Waals surface area contributed by atoms with E-state index >= 15 is 0 Å². The number of ether oxygens (including phenoxy) is 1. The lowest BCUT2D eigenvalue weighted by Crippen LogP contribution is -2.17. The van der Waals surface area contributed by atoms with Crippen LogP contribution in [0.4, 0.5) is 5.82 Å². The van der Waals surface area contributed by atoms with Gasteiger partial charge in [0.15, 0.2) is 10.7 Å². The van der Waals surface area contributed by atoms with Crippen LogP contribution in [0.15, 0.2) is 64.0 Å². The first-order valence-electron chi connectivity index (χ1n) is 8.83. The van der Waals surface area contributed by atoms with Gasteiger partial charge in [0.2, 0.25) is 5.78 Å². The van der Waals surface area contributed by atoms with Gasteiger partial charge in [0.05, 0.1) is 17.9 Å². The van der Waals surface area contributed by atoms with Crippen LogP contribution < -0.4 is 11.3 Å². The molecular formula is C21H16ClN3O3S. The minimum absolute atomic E-state index is 0.221. The number of hydrogen-bond donors (Lipinski definition) is 1. The van der Waals surface area contributed by atoms with E-state index in [0.29, 0.717) is 22.2 Å². The van der Waals surface area contributed by atoms with Crippen LogP contribution in [0, 0.1) is 0 Å². The van der Waals surface area contributed by atoms with Crippen molar-refractivity contribution in [2.24, 2.45) is 0 Å². The minimum Gasteiger partial charge on any atom is -0.490 e. The van der Waals surface area contributed by atoms with Gasteiger partial charge in [-0.25, -0.2) is 0 Å². The van der Waals surface area contributed by atoms with Crippen LogP contribution in [-0.4, -0.2) is 21.8 Å². The molecule has 1 aliphatic rings. The van der Waals surface area contributed by atoms with Crippen molar-refractivity contribution in [2.75, 3.05) is 12.3 Å². The molecule has 0 saturated carbocycles. The topological polar surface area (TPSA) is 86.7 Å². The quantitative estimate of drug-likeness (QED) is 0.680. The second kappa shape index (κ2) is 7.69. The number of carbonyl (C=O) groups excluding carboxylic acids is 1. The molecule has 0 amide bonds. The monoisotopic (exact) mass is 425 g/mol.